The van der Waals surface area contributed by atoms with Crippen molar-refractivity contribution in [3.8, 4) is 0 Å². The van der Waals surface area contributed by atoms with E-state index in [1.807, 2.05) is 32.0 Å². The van der Waals surface area contributed by atoms with E-state index in [1.165, 1.54) is 6.33 Å². The van der Waals surface area contributed by atoms with Gasteiger partial charge in [-0.15, -0.1) is 0 Å². The molecule has 94 valence electrons. The van der Waals surface area contributed by atoms with Crippen LogP contribution in [0.15, 0.2) is 24.5 Å². The number of halogens is 1. The number of hydrogen-bond donors (Lipinski definition) is 3. The van der Waals surface area contributed by atoms with Crippen LogP contribution in [0.3, 0.4) is 0 Å². The predicted molar refractivity (Wildman–Crippen MR) is 74.1 cm³/mol. The Hall–Kier alpha value is -1.85. The third-order valence-electron chi connectivity index (χ3n) is 2.74. The summed E-state index contributed by atoms with van der Waals surface area (Å²) in [4.78, 5) is 8.22. The van der Waals surface area contributed by atoms with Crippen molar-refractivity contribution in [1.29, 1.82) is 0 Å². The van der Waals surface area contributed by atoms with E-state index in [4.69, 9.17) is 17.4 Å². The lowest BCUT2D eigenvalue weighted by Gasteiger charge is -2.13. The summed E-state index contributed by atoms with van der Waals surface area (Å²) in [6, 6.07) is 5.68. The lowest BCUT2D eigenvalue weighted by molar-refractivity contribution is 1.10. The minimum absolute atomic E-state index is 0.590. The molecule has 4 N–H and O–H groups in total. The molecule has 0 radical (unpaired) electrons. The van der Waals surface area contributed by atoms with Crippen LogP contribution in [-0.4, -0.2) is 9.97 Å². The number of aromatic nitrogens is 2. The molecule has 2 aromatic rings. The highest BCUT2D eigenvalue weighted by molar-refractivity contribution is 6.31. The summed E-state index contributed by atoms with van der Waals surface area (Å²) < 4.78 is 0. The number of hydrazine groups is 1. The Morgan fingerprint density at radius 2 is 1.83 bits per heavy atom. The second-order valence-electron chi connectivity index (χ2n) is 3.88. The molecule has 5 nitrogen and oxygen atoms in total. The molecule has 2 rings (SSSR count). The molecule has 0 amide bonds. The average Bonchev–Trinajstić information content (AvgIpc) is 2.37. The Balaban J connectivity index is 2.37. The van der Waals surface area contributed by atoms with E-state index >= 15 is 0 Å². The minimum Gasteiger partial charge on any atom is -0.340 e. The second kappa shape index (κ2) is 5.20. The van der Waals surface area contributed by atoms with Gasteiger partial charge in [0, 0.05) is 16.3 Å². The van der Waals surface area contributed by atoms with E-state index in [9.17, 15) is 0 Å². The van der Waals surface area contributed by atoms with Gasteiger partial charge in [-0.2, -0.15) is 0 Å². The molecule has 1 aromatic carbocycles. The molecule has 0 bridgehead atoms. The van der Waals surface area contributed by atoms with E-state index in [2.05, 4.69) is 20.7 Å². The van der Waals surface area contributed by atoms with Crippen LogP contribution < -0.4 is 16.6 Å². The van der Waals surface area contributed by atoms with Crippen LogP contribution in [0, 0.1) is 13.8 Å². The fraction of sp³-hybridized carbons (Fsp3) is 0.167. The van der Waals surface area contributed by atoms with Gasteiger partial charge in [0.2, 0.25) is 0 Å². The van der Waals surface area contributed by atoms with Crippen LogP contribution in [0.2, 0.25) is 5.02 Å². The minimum atomic E-state index is 0.590. The normalized spacial score (nSPS) is 10.2. The van der Waals surface area contributed by atoms with Crippen molar-refractivity contribution in [2.24, 2.45) is 5.84 Å². The Morgan fingerprint density at radius 1 is 1.11 bits per heavy atom. The van der Waals surface area contributed by atoms with Gasteiger partial charge in [-0.3, -0.25) is 0 Å². The van der Waals surface area contributed by atoms with Gasteiger partial charge < -0.3 is 10.7 Å². The zero-order chi connectivity index (χ0) is 13.1. The lowest BCUT2D eigenvalue weighted by atomic mass is 10.2. The molecule has 0 fully saturated rings. The first-order valence-corrected chi connectivity index (χ1v) is 5.81. The molecular formula is C12H14ClN5. The van der Waals surface area contributed by atoms with Crippen molar-refractivity contribution in [3.63, 3.8) is 0 Å². The van der Waals surface area contributed by atoms with Gasteiger partial charge in [-0.05, 0) is 31.5 Å². The fourth-order valence-corrected chi connectivity index (χ4v) is 1.77. The summed E-state index contributed by atoms with van der Waals surface area (Å²) in [7, 11) is 0. The van der Waals surface area contributed by atoms with Crippen molar-refractivity contribution in [1.82, 2.24) is 9.97 Å². The number of rotatable bonds is 3. The molecule has 18 heavy (non-hydrogen) atoms. The van der Waals surface area contributed by atoms with Gasteiger partial charge in [0.25, 0.3) is 0 Å². The largest absolute Gasteiger partial charge is 0.340 e. The first-order valence-electron chi connectivity index (χ1n) is 5.44. The van der Waals surface area contributed by atoms with E-state index in [1.54, 1.807) is 0 Å². The Morgan fingerprint density at radius 3 is 2.56 bits per heavy atom. The van der Waals surface area contributed by atoms with Crippen LogP contribution in [-0.2, 0) is 0 Å². The third-order valence-corrected chi connectivity index (χ3v) is 3.15. The number of anilines is 3. The number of nitrogen functional groups attached to an aromatic ring is 1. The maximum absolute atomic E-state index is 6.07. The van der Waals surface area contributed by atoms with Gasteiger partial charge in [-0.25, -0.2) is 15.8 Å². The Bertz CT molecular complexity index is 570. The first kappa shape index (κ1) is 12.6. The van der Waals surface area contributed by atoms with Crippen molar-refractivity contribution in [2.75, 3.05) is 10.7 Å². The standard InChI is InChI=1S/C12H14ClN5/c1-7-9(13)4-3-5-10(7)17-11-8(2)12(18-14)16-6-15-11/h3-6H,14H2,1-2H3,(H2,15,16,17,18). The highest BCUT2D eigenvalue weighted by Crippen LogP contribution is 2.27. The zero-order valence-corrected chi connectivity index (χ0v) is 10.9. The van der Waals surface area contributed by atoms with Crippen molar-refractivity contribution in [2.45, 2.75) is 13.8 Å². The molecule has 0 aliphatic carbocycles. The monoisotopic (exact) mass is 263 g/mol. The van der Waals surface area contributed by atoms with Crippen LogP contribution in [0.1, 0.15) is 11.1 Å². The quantitative estimate of drug-likeness (QED) is 0.586. The molecule has 0 aliphatic rings. The Kier molecular flexibility index (Phi) is 3.64. The molecule has 0 saturated heterocycles. The summed E-state index contributed by atoms with van der Waals surface area (Å²) in [6.45, 7) is 3.83. The van der Waals surface area contributed by atoms with Crippen molar-refractivity contribution >= 4 is 28.9 Å². The summed E-state index contributed by atoms with van der Waals surface area (Å²) >= 11 is 6.07. The van der Waals surface area contributed by atoms with E-state index < -0.39 is 0 Å². The summed E-state index contributed by atoms with van der Waals surface area (Å²) in [6.07, 6.45) is 1.45. The molecular weight excluding hydrogens is 250 g/mol. The molecule has 1 heterocycles. The maximum atomic E-state index is 6.07. The van der Waals surface area contributed by atoms with E-state index in [-0.39, 0.29) is 0 Å². The second-order valence-corrected chi connectivity index (χ2v) is 4.28. The number of nitrogens with two attached hydrogens (primary N) is 1. The average molecular weight is 264 g/mol. The van der Waals surface area contributed by atoms with Gasteiger partial charge >= 0.3 is 0 Å². The van der Waals surface area contributed by atoms with Crippen molar-refractivity contribution in [3.05, 3.63) is 40.7 Å². The van der Waals surface area contributed by atoms with E-state index in [0.29, 0.717) is 16.7 Å². The van der Waals surface area contributed by atoms with Gasteiger partial charge in [0.1, 0.15) is 18.0 Å². The predicted octanol–water partition coefficient (Wildman–Crippen LogP) is 2.78. The Labute approximate surface area is 110 Å². The summed E-state index contributed by atoms with van der Waals surface area (Å²) in [5, 5.41) is 3.94. The highest BCUT2D eigenvalue weighted by Gasteiger charge is 2.08. The smallest absolute Gasteiger partial charge is 0.148 e. The van der Waals surface area contributed by atoms with Crippen LogP contribution in [0.25, 0.3) is 0 Å². The molecule has 0 unspecified atom stereocenters. The number of hydrogen-bond acceptors (Lipinski definition) is 5. The van der Waals surface area contributed by atoms with Gasteiger partial charge in [0.05, 0.1) is 0 Å². The van der Waals surface area contributed by atoms with Gasteiger partial charge in [0.15, 0.2) is 0 Å². The van der Waals surface area contributed by atoms with Crippen molar-refractivity contribution < 1.29 is 0 Å². The topological polar surface area (TPSA) is 75.9 Å². The molecule has 0 spiro atoms. The fourth-order valence-electron chi connectivity index (χ4n) is 1.59. The summed E-state index contributed by atoms with van der Waals surface area (Å²) in [5.41, 5.74) is 5.26. The van der Waals surface area contributed by atoms with Crippen LogP contribution in [0.4, 0.5) is 17.3 Å². The molecule has 1 aromatic heterocycles. The SMILES string of the molecule is Cc1c(Cl)cccc1Nc1ncnc(NN)c1C. The molecule has 6 heteroatoms. The van der Waals surface area contributed by atoms with E-state index in [0.717, 1.165) is 16.8 Å². The molecule has 0 saturated carbocycles. The number of nitrogens with zero attached hydrogens (tertiary/aromatic N) is 2. The highest BCUT2D eigenvalue weighted by atomic mass is 35.5. The van der Waals surface area contributed by atoms with Crippen LogP contribution >= 0.6 is 11.6 Å². The number of benzene rings is 1. The summed E-state index contributed by atoms with van der Waals surface area (Å²) in [5.74, 6) is 6.67. The zero-order valence-electron chi connectivity index (χ0n) is 10.2. The third kappa shape index (κ3) is 2.37. The maximum Gasteiger partial charge on any atom is 0.148 e. The lowest BCUT2D eigenvalue weighted by Crippen LogP contribution is -2.11. The van der Waals surface area contributed by atoms with Crippen LogP contribution in [0.5, 0.6) is 0 Å². The molecule has 0 aliphatic heterocycles. The van der Waals surface area contributed by atoms with Gasteiger partial charge in [-0.1, -0.05) is 17.7 Å². The molecule has 0 atom stereocenters. The first-order chi connectivity index (χ1) is 8.63. The number of nitrogens with one attached hydrogen (secondary N) is 2.